The topological polar surface area (TPSA) is 105 Å². The zero-order chi connectivity index (χ0) is 20.2. The van der Waals surface area contributed by atoms with Gasteiger partial charge in [0.1, 0.15) is 12.1 Å². The van der Waals surface area contributed by atoms with Crippen molar-refractivity contribution in [3.63, 3.8) is 0 Å². The lowest BCUT2D eigenvalue weighted by molar-refractivity contribution is -0.157. The van der Waals surface area contributed by atoms with E-state index in [0.29, 0.717) is 18.8 Å². The van der Waals surface area contributed by atoms with Gasteiger partial charge in [-0.15, -0.1) is 0 Å². The summed E-state index contributed by atoms with van der Waals surface area (Å²) in [6.07, 6.45) is 4.15. The first kappa shape index (κ1) is 21.2. The van der Waals surface area contributed by atoms with Gasteiger partial charge in [0.2, 0.25) is 0 Å². The fraction of sp³-hybridized carbons (Fsp3) is 0.789. The molecule has 1 aliphatic heterocycles. The summed E-state index contributed by atoms with van der Waals surface area (Å²) in [5, 5.41) is 5.60. The van der Waals surface area contributed by atoms with E-state index in [9.17, 15) is 19.2 Å². The third-order valence-corrected chi connectivity index (χ3v) is 5.86. The van der Waals surface area contributed by atoms with Gasteiger partial charge >= 0.3 is 12.0 Å². The number of hydrogen-bond donors (Lipinski definition) is 2. The second-order valence-corrected chi connectivity index (χ2v) is 7.62. The zero-order valence-corrected chi connectivity index (χ0v) is 16.7. The number of nitrogens with one attached hydrogen (secondary N) is 2. The molecule has 0 spiro atoms. The Morgan fingerprint density at radius 3 is 2.44 bits per heavy atom. The molecule has 8 nitrogen and oxygen atoms in total. The number of carbonyl (C=O) groups is 4. The summed E-state index contributed by atoms with van der Waals surface area (Å²) < 4.78 is 5.16. The molecule has 1 saturated heterocycles. The van der Waals surface area contributed by atoms with Crippen LogP contribution in [0.25, 0.3) is 0 Å². The predicted molar refractivity (Wildman–Crippen MR) is 98.7 cm³/mol. The number of esters is 1. The van der Waals surface area contributed by atoms with E-state index in [-0.39, 0.29) is 11.9 Å². The Morgan fingerprint density at radius 1 is 1.26 bits per heavy atom. The smallest absolute Gasteiger partial charge is 0.327 e. The molecule has 2 aliphatic rings. The summed E-state index contributed by atoms with van der Waals surface area (Å²) in [6, 6.07) is -0.512. The van der Waals surface area contributed by atoms with E-state index in [1.165, 1.54) is 13.3 Å². The van der Waals surface area contributed by atoms with Crippen molar-refractivity contribution in [2.45, 2.75) is 83.9 Å². The highest BCUT2D eigenvalue weighted by Crippen LogP contribution is 2.25. The Labute approximate surface area is 160 Å². The van der Waals surface area contributed by atoms with E-state index < -0.39 is 36.1 Å². The largest absolute Gasteiger partial charge is 0.451 e. The lowest BCUT2D eigenvalue weighted by Crippen LogP contribution is -2.47. The molecule has 0 unspecified atom stereocenters. The molecule has 4 amide bonds. The fourth-order valence-corrected chi connectivity index (χ4v) is 3.80. The van der Waals surface area contributed by atoms with Gasteiger partial charge in [0, 0.05) is 6.04 Å². The van der Waals surface area contributed by atoms with Crippen molar-refractivity contribution in [2.75, 3.05) is 6.54 Å². The number of amides is 4. The second-order valence-electron chi connectivity index (χ2n) is 7.62. The van der Waals surface area contributed by atoms with Gasteiger partial charge in [-0.25, -0.2) is 4.79 Å². The van der Waals surface area contributed by atoms with Crippen molar-refractivity contribution in [1.82, 2.24) is 15.5 Å². The first-order valence-electron chi connectivity index (χ1n) is 9.88. The average Bonchev–Trinajstić information content (AvgIpc) is 2.88. The Hall–Kier alpha value is -2.12. The lowest BCUT2D eigenvalue weighted by Gasteiger charge is -2.30. The summed E-state index contributed by atoms with van der Waals surface area (Å²) in [4.78, 5) is 49.9. The van der Waals surface area contributed by atoms with Gasteiger partial charge < -0.3 is 15.4 Å². The first-order valence-corrected chi connectivity index (χ1v) is 9.88. The number of hydrogen-bond acceptors (Lipinski definition) is 5. The maximum Gasteiger partial charge on any atom is 0.327 e. The van der Waals surface area contributed by atoms with Crippen LogP contribution in [0.4, 0.5) is 4.79 Å². The van der Waals surface area contributed by atoms with Crippen molar-refractivity contribution < 1.29 is 23.9 Å². The number of ether oxygens (including phenoxy) is 1. The molecular weight excluding hydrogens is 350 g/mol. The van der Waals surface area contributed by atoms with Gasteiger partial charge in [0.05, 0.1) is 0 Å². The zero-order valence-electron chi connectivity index (χ0n) is 16.7. The SMILES string of the molecule is CCC1(CC)NC(=O)N(CC(=O)O[C@@H](C)C(=O)N[C@H]2CCCC[C@@H]2C)C1=O. The van der Waals surface area contributed by atoms with E-state index >= 15 is 0 Å². The Balaban J connectivity index is 1.88. The monoisotopic (exact) mass is 381 g/mol. The molecule has 1 aliphatic carbocycles. The summed E-state index contributed by atoms with van der Waals surface area (Å²) in [7, 11) is 0. The molecule has 1 heterocycles. The van der Waals surface area contributed by atoms with Crippen LogP contribution in [0.2, 0.25) is 0 Å². The number of imide groups is 1. The van der Waals surface area contributed by atoms with Crippen LogP contribution in [-0.2, 0) is 19.1 Å². The molecule has 2 fully saturated rings. The van der Waals surface area contributed by atoms with Crippen LogP contribution in [-0.4, -0.2) is 52.9 Å². The van der Waals surface area contributed by atoms with Gasteiger partial charge in [-0.1, -0.05) is 33.6 Å². The minimum absolute atomic E-state index is 0.0908. The van der Waals surface area contributed by atoms with Crippen molar-refractivity contribution in [2.24, 2.45) is 5.92 Å². The summed E-state index contributed by atoms with van der Waals surface area (Å²) in [5.74, 6) is -1.16. The van der Waals surface area contributed by atoms with Gasteiger partial charge in [-0.3, -0.25) is 19.3 Å². The normalized spacial score (nSPS) is 25.7. The summed E-state index contributed by atoms with van der Waals surface area (Å²) in [5.41, 5.74) is -0.961. The minimum Gasteiger partial charge on any atom is -0.451 e. The predicted octanol–water partition coefficient (Wildman–Crippen LogP) is 1.72. The molecule has 0 bridgehead atoms. The maximum atomic E-state index is 12.5. The third kappa shape index (κ3) is 4.59. The summed E-state index contributed by atoms with van der Waals surface area (Å²) in [6.45, 7) is 6.72. The van der Waals surface area contributed by atoms with Crippen LogP contribution in [0.3, 0.4) is 0 Å². The quantitative estimate of drug-likeness (QED) is 0.516. The molecule has 0 aromatic heterocycles. The molecular formula is C19H31N3O5. The Morgan fingerprint density at radius 2 is 1.89 bits per heavy atom. The van der Waals surface area contributed by atoms with Crippen LogP contribution >= 0.6 is 0 Å². The van der Waals surface area contributed by atoms with Crippen LogP contribution < -0.4 is 10.6 Å². The lowest BCUT2D eigenvalue weighted by atomic mass is 9.86. The standard InChI is InChI=1S/C19H31N3O5/c1-5-19(6-2)17(25)22(18(26)21-19)11-15(23)27-13(4)16(24)20-14-10-8-7-9-12(14)3/h12-14H,5-11H2,1-4H3,(H,20,24)(H,21,26)/t12-,13-,14-/m0/s1. The van der Waals surface area contributed by atoms with Gasteiger partial charge in [0.15, 0.2) is 6.10 Å². The van der Waals surface area contributed by atoms with Crippen molar-refractivity contribution in [3.8, 4) is 0 Å². The molecule has 0 aromatic rings. The number of urea groups is 1. The van der Waals surface area contributed by atoms with Crippen molar-refractivity contribution in [3.05, 3.63) is 0 Å². The van der Waals surface area contributed by atoms with Crippen LogP contribution in [0.1, 0.15) is 66.2 Å². The van der Waals surface area contributed by atoms with Gasteiger partial charge in [-0.2, -0.15) is 0 Å². The van der Waals surface area contributed by atoms with E-state index in [4.69, 9.17) is 4.74 Å². The Bertz CT molecular complexity index is 602. The minimum atomic E-state index is -0.977. The van der Waals surface area contributed by atoms with Gasteiger partial charge in [0.25, 0.3) is 11.8 Å². The van der Waals surface area contributed by atoms with Crippen molar-refractivity contribution in [1.29, 1.82) is 0 Å². The third-order valence-electron chi connectivity index (χ3n) is 5.86. The van der Waals surface area contributed by atoms with E-state index in [1.807, 2.05) is 13.8 Å². The highest BCUT2D eigenvalue weighted by molar-refractivity contribution is 6.08. The van der Waals surface area contributed by atoms with E-state index in [2.05, 4.69) is 17.6 Å². The Kier molecular flexibility index (Phi) is 6.84. The van der Waals surface area contributed by atoms with Crippen LogP contribution in [0, 0.1) is 5.92 Å². The molecule has 8 heteroatoms. The molecule has 0 aromatic carbocycles. The highest BCUT2D eigenvalue weighted by Gasteiger charge is 2.49. The molecule has 0 radical (unpaired) electrons. The van der Waals surface area contributed by atoms with E-state index in [0.717, 1.165) is 24.2 Å². The van der Waals surface area contributed by atoms with Crippen LogP contribution in [0.15, 0.2) is 0 Å². The second kappa shape index (κ2) is 8.71. The van der Waals surface area contributed by atoms with Crippen molar-refractivity contribution >= 4 is 23.8 Å². The highest BCUT2D eigenvalue weighted by atomic mass is 16.5. The number of nitrogens with zero attached hydrogens (tertiary/aromatic N) is 1. The van der Waals surface area contributed by atoms with Crippen LogP contribution in [0.5, 0.6) is 0 Å². The molecule has 2 rings (SSSR count). The number of carbonyl (C=O) groups excluding carboxylic acids is 4. The first-order chi connectivity index (χ1) is 12.7. The molecule has 1 saturated carbocycles. The molecule has 2 N–H and O–H groups in total. The molecule has 27 heavy (non-hydrogen) atoms. The molecule has 3 atom stereocenters. The molecule has 152 valence electrons. The van der Waals surface area contributed by atoms with E-state index in [1.54, 1.807) is 0 Å². The fourth-order valence-electron chi connectivity index (χ4n) is 3.80. The summed E-state index contributed by atoms with van der Waals surface area (Å²) >= 11 is 0. The van der Waals surface area contributed by atoms with Gasteiger partial charge in [-0.05, 0) is 38.5 Å². The maximum absolute atomic E-state index is 12.5. The number of rotatable bonds is 7. The average molecular weight is 381 g/mol.